The lowest BCUT2D eigenvalue weighted by molar-refractivity contribution is 0.439. The number of aromatic nitrogens is 1. The van der Waals surface area contributed by atoms with Crippen LogP contribution in [0.25, 0.3) is 22.4 Å². The Morgan fingerprint density at radius 1 is 1.10 bits per heavy atom. The Kier molecular flexibility index (Phi) is 3.47. The summed E-state index contributed by atoms with van der Waals surface area (Å²) < 4.78 is 32.8. The molecule has 0 bridgehead atoms. The number of anilines is 1. The molecule has 0 amide bonds. The highest BCUT2D eigenvalue weighted by molar-refractivity contribution is 9.10. The molecule has 0 atom stereocenters. The molecule has 0 aliphatic carbocycles. The molecule has 1 heterocycles. The summed E-state index contributed by atoms with van der Waals surface area (Å²) in [4.78, 5) is 0. The first kappa shape index (κ1) is 13.8. The van der Waals surface area contributed by atoms with Crippen LogP contribution in [0.2, 0.25) is 0 Å². The van der Waals surface area contributed by atoms with Crippen LogP contribution in [-0.4, -0.2) is 5.16 Å². The Balaban J connectivity index is 2.22. The van der Waals surface area contributed by atoms with Crippen LogP contribution >= 0.6 is 15.9 Å². The normalized spacial score (nSPS) is 10.8. The first-order chi connectivity index (χ1) is 10.1. The van der Waals surface area contributed by atoms with Crippen molar-refractivity contribution in [2.45, 2.75) is 0 Å². The highest BCUT2D eigenvalue weighted by Gasteiger charge is 2.20. The maximum absolute atomic E-state index is 13.9. The summed E-state index contributed by atoms with van der Waals surface area (Å²) in [5, 5.41) is 3.80. The monoisotopic (exact) mass is 350 g/mol. The van der Waals surface area contributed by atoms with E-state index in [1.165, 1.54) is 6.07 Å². The highest BCUT2D eigenvalue weighted by atomic mass is 79.9. The molecule has 1 aromatic heterocycles. The molecule has 0 unspecified atom stereocenters. The predicted octanol–water partition coefficient (Wildman–Crippen LogP) is 4.63. The van der Waals surface area contributed by atoms with Crippen molar-refractivity contribution < 1.29 is 13.3 Å². The Hall–Kier alpha value is -2.21. The number of nitrogens with zero attached hydrogens (tertiary/aromatic N) is 1. The molecular weight excluding hydrogens is 342 g/mol. The zero-order chi connectivity index (χ0) is 15.0. The third-order valence-electron chi connectivity index (χ3n) is 3.02. The second kappa shape index (κ2) is 5.29. The number of nitrogen functional groups attached to an aromatic ring is 1. The molecule has 2 N–H and O–H groups in total. The van der Waals surface area contributed by atoms with E-state index in [2.05, 4.69) is 21.1 Å². The van der Waals surface area contributed by atoms with Crippen molar-refractivity contribution in [1.82, 2.24) is 5.16 Å². The lowest BCUT2D eigenvalue weighted by Gasteiger charge is -2.04. The van der Waals surface area contributed by atoms with E-state index in [1.807, 2.05) is 18.2 Å². The maximum Gasteiger partial charge on any atom is 0.230 e. The van der Waals surface area contributed by atoms with Crippen LogP contribution < -0.4 is 5.73 Å². The van der Waals surface area contributed by atoms with Crippen LogP contribution in [0.15, 0.2) is 51.5 Å². The Morgan fingerprint density at radius 2 is 1.90 bits per heavy atom. The molecule has 21 heavy (non-hydrogen) atoms. The van der Waals surface area contributed by atoms with Crippen molar-refractivity contribution in [2.24, 2.45) is 0 Å². The second-order valence-electron chi connectivity index (χ2n) is 4.40. The fourth-order valence-electron chi connectivity index (χ4n) is 2.09. The van der Waals surface area contributed by atoms with Gasteiger partial charge in [0.15, 0.2) is 0 Å². The summed E-state index contributed by atoms with van der Waals surface area (Å²) in [6, 6.07) is 10.6. The number of hydrogen-bond donors (Lipinski definition) is 1. The Bertz CT molecular complexity index is 817. The molecule has 0 aliphatic rings. The predicted molar refractivity (Wildman–Crippen MR) is 79.4 cm³/mol. The van der Waals surface area contributed by atoms with E-state index >= 15 is 0 Å². The molecule has 2 aromatic carbocycles. The summed E-state index contributed by atoms with van der Waals surface area (Å²) in [5.41, 5.74) is 7.37. The zero-order valence-electron chi connectivity index (χ0n) is 10.6. The summed E-state index contributed by atoms with van der Waals surface area (Å²) in [5.74, 6) is -1.30. The van der Waals surface area contributed by atoms with Crippen molar-refractivity contribution in [1.29, 1.82) is 0 Å². The van der Waals surface area contributed by atoms with Gasteiger partial charge in [0.05, 0.1) is 5.56 Å². The average Bonchev–Trinajstić information content (AvgIpc) is 2.80. The lowest BCUT2D eigenvalue weighted by Crippen LogP contribution is -1.91. The van der Waals surface area contributed by atoms with Gasteiger partial charge in [0, 0.05) is 16.1 Å². The van der Waals surface area contributed by atoms with Gasteiger partial charge in [-0.1, -0.05) is 33.2 Å². The molecule has 6 heteroatoms. The molecule has 0 saturated carbocycles. The van der Waals surface area contributed by atoms with Crippen LogP contribution in [0.3, 0.4) is 0 Å². The van der Waals surface area contributed by atoms with E-state index in [4.69, 9.17) is 10.3 Å². The van der Waals surface area contributed by atoms with Gasteiger partial charge in [-0.2, -0.15) is 0 Å². The lowest BCUT2D eigenvalue weighted by atomic mass is 10.0. The van der Waals surface area contributed by atoms with Crippen LogP contribution in [0.1, 0.15) is 0 Å². The zero-order valence-corrected chi connectivity index (χ0v) is 12.2. The fourth-order valence-corrected chi connectivity index (χ4v) is 2.49. The molecule has 0 radical (unpaired) electrons. The largest absolute Gasteiger partial charge is 0.367 e. The number of hydrogen-bond acceptors (Lipinski definition) is 3. The smallest absolute Gasteiger partial charge is 0.230 e. The van der Waals surface area contributed by atoms with Gasteiger partial charge in [-0.15, -0.1) is 0 Å². The minimum absolute atomic E-state index is 0.0758. The molecule has 0 fully saturated rings. The molecule has 0 saturated heterocycles. The molecule has 3 aromatic rings. The third-order valence-corrected chi connectivity index (χ3v) is 3.51. The minimum atomic E-state index is -0.723. The van der Waals surface area contributed by atoms with Gasteiger partial charge < -0.3 is 10.3 Å². The minimum Gasteiger partial charge on any atom is -0.367 e. The van der Waals surface area contributed by atoms with E-state index in [0.29, 0.717) is 5.56 Å². The van der Waals surface area contributed by atoms with E-state index < -0.39 is 11.6 Å². The van der Waals surface area contributed by atoms with Crippen molar-refractivity contribution in [2.75, 3.05) is 5.73 Å². The Labute approximate surface area is 127 Å². The standard InChI is InChI=1S/C15H9BrF2N2O/c16-9-3-1-2-8(6-9)13-14(20-21-15(13)19)11-5-4-10(17)7-12(11)18/h1-7H,19H2. The van der Waals surface area contributed by atoms with Gasteiger partial charge in [-0.25, -0.2) is 8.78 Å². The van der Waals surface area contributed by atoms with E-state index in [-0.39, 0.29) is 17.1 Å². The molecular formula is C15H9BrF2N2O. The SMILES string of the molecule is Nc1onc(-c2ccc(F)cc2F)c1-c1cccc(Br)c1. The summed E-state index contributed by atoms with van der Waals surface area (Å²) in [6.07, 6.45) is 0. The number of nitrogens with two attached hydrogens (primary N) is 1. The van der Waals surface area contributed by atoms with Crippen LogP contribution in [-0.2, 0) is 0 Å². The van der Waals surface area contributed by atoms with E-state index in [9.17, 15) is 8.78 Å². The molecule has 0 aliphatic heterocycles. The summed E-state index contributed by atoms with van der Waals surface area (Å²) in [6.45, 7) is 0. The highest BCUT2D eigenvalue weighted by Crippen LogP contribution is 2.38. The first-order valence-electron chi connectivity index (χ1n) is 6.03. The quantitative estimate of drug-likeness (QED) is 0.732. The maximum atomic E-state index is 13.9. The van der Waals surface area contributed by atoms with Crippen molar-refractivity contribution in [3.05, 3.63) is 58.6 Å². The van der Waals surface area contributed by atoms with Gasteiger partial charge in [0.1, 0.15) is 17.3 Å². The topological polar surface area (TPSA) is 52.0 Å². The molecule has 106 valence electrons. The van der Waals surface area contributed by atoms with Crippen LogP contribution in [0, 0.1) is 11.6 Å². The van der Waals surface area contributed by atoms with E-state index in [0.717, 1.165) is 22.2 Å². The van der Waals surface area contributed by atoms with E-state index in [1.54, 1.807) is 6.07 Å². The molecule has 3 rings (SSSR count). The summed E-state index contributed by atoms with van der Waals surface area (Å²) in [7, 11) is 0. The molecule has 0 spiro atoms. The van der Waals surface area contributed by atoms with Crippen molar-refractivity contribution in [3.63, 3.8) is 0 Å². The summed E-state index contributed by atoms with van der Waals surface area (Å²) >= 11 is 3.36. The number of benzene rings is 2. The average molecular weight is 351 g/mol. The number of rotatable bonds is 2. The molecule has 3 nitrogen and oxygen atoms in total. The third kappa shape index (κ3) is 2.54. The van der Waals surface area contributed by atoms with Gasteiger partial charge in [-0.3, -0.25) is 0 Å². The van der Waals surface area contributed by atoms with Crippen molar-refractivity contribution in [3.8, 4) is 22.4 Å². The van der Waals surface area contributed by atoms with Crippen molar-refractivity contribution >= 4 is 21.8 Å². The van der Waals surface area contributed by atoms with Gasteiger partial charge in [0.2, 0.25) is 5.88 Å². The van der Waals surface area contributed by atoms with Gasteiger partial charge in [0.25, 0.3) is 0 Å². The van der Waals surface area contributed by atoms with Crippen LogP contribution in [0.4, 0.5) is 14.7 Å². The fraction of sp³-hybridized carbons (Fsp3) is 0. The van der Waals surface area contributed by atoms with Crippen LogP contribution in [0.5, 0.6) is 0 Å². The van der Waals surface area contributed by atoms with Gasteiger partial charge in [-0.05, 0) is 29.8 Å². The Morgan fingerprint density at radius 3 is 2.62 bits per heavy atom. The second-order valence-corrected chi connectivity index (χ2v) is 5.32. The first-order valence-corrected chi connectivity index (χ1v) is 6.82. The number of halogens is 3. The van der Waals surface area contributed by atoms with Gasteiger partial charge >= 0.3 is 0 Å².